The number of ether oxygens (including phenoxy) is 1. The molecule has 1 atom stereocenters. The third-order valence-electron chi connectivity index (χ3n) is 3.16. The van der Waals surface area contributed by atoms with Gasteiger partial charge in [0.15, 0.2) is 0 Å². The molecule has 3 nitrogen and oxygen atoms in total. The van der Waals surface area contributed by atoms with E-state index >= 15 is 0 Å². The van der Waals surface area contributed by atoms with Gasteiger partial charge in [0.1, 0.15) is 5.75 Å². The molecule has 0 fully saturated rings. The van der Waals surface area contributed by atoms with E-state index < -0.39 is 0 Å². The van der Waals surface area contributed by atoms with Crippen molar-refractivity contribution in [3.8, 4) is 5.75 Å². The number of nitrogens with zero attached hydrogens (tertiary/aromatic N) is 1. The minimum Gasteiger partial charge on any atom is -0.493 e. The van der Waals surface area contributed by atoms with Gasteiger partial charge in [-0.2, -0.15) is 0 Å². The maximum atomic E-state index is 5.95. The Bertz CT molecular complexity index is 352. The van der Waals surface area contributed by atoms with Crippen LogP contribution in [0.15, 0.2) is 24.3 Å². The molecular weight excluding hydrogens is 236 g/mol. The molecule has 3 heteroatoms. The van der Waals surface area contributed by atoms with Crippen LogP contribution in [0.2, 0.25) is 0 Å². The van der Waals surface area contributed by atoms with E-state index in [-0.39, 0.29) is 0 Å². The lowest BCUT2D eigenvalue weighted by Crippen LogP contribution is -2.21. The van der Waals surface area contributed by atoms with Crippen LogP contribution in [0.1, 0.15) is 38.3 Å². The molecule has 1 N–H and O–H groups in total. The SMILES string of the molecule is CCNC(CC)c1ccccc1OCCCN(C)C. The fourth-order valence-corrected chi connectivity index (χ4v) is 2.18. The van der Waals surface area contributed by atoms with Crippen LogP contribution >= 0.6 is 0 Å². The van der Waals surface area contributed by atoms with Crippen LogP contribution < -0.4 is 10.1 Å². The van der Waals surface area contributed by atoms with E-state index in [1.807, 2.05) is 6.07 Å². The summed E-state index contributed by atoms with van der Waals surface area (Å²) in [5, 5.41) is 3.51. The first-order chi connectivity index (χ1) is 9.19. The molecule has 0 saturated heterocycles. The van der Waals surface area contributed by atoms with Crippen molar-refractivity contribution in [2.45, 2.75) is 32.7 Å². The van der Waals surface area contributed by atoms with Crippen molar-refractivity contribution in [1.82, 2.24) is 10.2 Å². The van der Waals surface area contributed by atoms with E-state index in [2.05, 4.69) is 56.4 Å². The standard InChI is InChI=1S/C16H28N2O/c1-5-15(17-6-2)14-10-7-8-11-16(14)19-13-9-12-18(3)4/h7-8,10-11,15,17H,5-6,9,12-13H2,1-4H3. The average Bonchev–Trinajstić information content (AvgIpc) is 2.41. The van der Waals surface area contributed by atoms with E-state index in [4.69, 9.17) is 4.74 Å². The zero-order valence-electron chi connectivity index (χ0n) is 12.8. The molecule has 1 aromatic rings. The predicted octanol–water partition coefficient (Wildman–Crippen LogP) is 3.08. The summed E-state index contributed by atoms with van der Waals surface area (Å²) in [5.74, 6) is 1.02. The van der Waals surface area contributed by atoms with Crippen molar-refractivity contribution >= 4 is 0 Å². The Morgan fingerprint density at radius 3 is 2.58 bits per heavy atom. The average molecular weight is 264 g/mol. The third-order valence-corrected chi connectivity index (χ3v) is 3.16. The molecule has 0 saturated carbocycles. The lowest BCUT2D eigenvalue weighted by Gasteiger charge is -2.20. The summed E-state index contributed by atoms with van der Waals surface area (Å²) in [6, 6.07) is 8.75. The van der Waals surface area contributed by atoms with Crippen LogP contribution in [-0.4, -0.2) is 38.7 Å². The third kappa shape index (κ3) is 5.62. The van der Waals surface area contributed by atoms with E-state index in [0.29, 0.717) is 6.04 Å². The van der Waals surface area contributed by atoms with Gasteiger partial charge in [0, 0.05) is 18.2 Å². The van der Waals surface area contributed by atoms with Crippen molar-refractivity contribution < 1.29 is 4.74 Å². The highest BCUT2D eigenvalue weighted by atomic mass is 16.5. The highest BCUT2D eigenvalue weighted by molar-refractivity contribution is 5.35. The van der Waals surface area contributed by atoms with Crippen LogP contribution in [-0.2, 0) is 0 Å². The number of hydrogen-bond donors (Lipinski definition) is 1. The second-order valence-corrected chi connectivity index (χ2v) is 5.06. The van der Waals surface area contributed by atoms with Crippen LogP contribution in [0, 0.1) is 0 Å². The second-order valence-electron chi connectivity index (χ2n) is 5.06. The molecule has 0 radical (unpaired) electrons. The Balaban J connectivity index is 2.61. The van der Waals surface area contributed by atoms with E-state index in [0.717, 1.165) is 38.3 Å². The molecule has 0 aliphatic rings. The summed E-state index contributed by atoms with van der Waals surface area (Å²) in [6.07, 6.45) is 2.13. The minimum atomic E-state index is 0.384. The van der Waals surface area contributed by atoms with Crippen LogP contribution in [0.5, 0.6) is 5.75 Å². The summed E-state index contributed by atoms with van der Waals surface area (Å²) in [6.45, 7) is 7.16. The van der Waals surface area contributed by atoms with Gasteiger partial charge in [0.25, 0.3) is 0 Å². The normalized spacial score (nSPS) is 12.7. The van der Waals surface area contributed by atoms with Crippen molar-refractivity contribution in [1.29, 1.82) is 0 Å². The van der Waals surface area contributed by atoms with Gasteiger partial charge in [0.2, 0.25) is 0 Å². The monoisotopic (exact) mass is 264 g/mol. The van der Waals surface area contributed by atoms with Gasteiger partial charge >= 0.3 is 0 Å². The van der Waals surface area contributed by atoms with Gasteiger partial charge in [-0.3, -0.25) is 0 Å². The highest BCUT2D eigenvalue weighted by Crippen LogP contribution is 2.27. The summed E-state index contributed by atoms with van der Waals surface area (Å²) in [5.41, 5.74) is 1.27. The Labute approximate surface area is 118 Å². The number of benzene rings is 1. The summed E-state index contributed by atoms with van der Waals surface area (Å²) < 4.78 is 5.95. The Kier molecular flexibility index (Phi) is 7.53. The van der Waals surface area contributed by atoms with E-state index in [1.54, 1.807) is 0 Å². The fourth-order valence-electron chi connectivity index (χ4n) is 2.18. The number of nitrogens with one attached hydrogen (secondary N) is 1. The maximum absolute atomic E-state index is 5.95. The molecule has 1 unspecified atom stereocenters. The molecule has 0 spiro atoms. The number of rotatable bonds is 9. The van der Waals surface area contributed by atoms with Gasteiger partial charge in [-0.1, -0.05) is 32.0 Å². The van der Waals surface area contributed by atoms with Crippen molar-refractivity contribution in [2.75, 3.05) is 33.8 Å². The van der Waals surface area contributed by atoms with Crippen molar-refractivity contribution in [2.24, 2.45) is 0 Å². The van der Waals surface area contributed by atoms with Crippen LogP contribution in [0.3, 0.4) is 0 Å². The van der Waals surface area contributed by atoms with Gasteiger partial charge in [0.05, 0.1) is 6.61 Å². The maximum Gasteiger partial charge on any atom is 0.124 e. The van der Waals surface area contributed by atoms with E-state index in [1.165, 1.54) is 5.56 Å². The van der Waals surface area contributed by atoms with E-state index in [9.17, 15) is 0 Å². The molecule has 1 rings (SSSR count). The quantitative estimate of drug-likeness (QED) is 0.694. The highest BCUT2D eigenvalue weighted by Gasteiger charge is 2.12. The summed E-state index contributed by atoms with van der Waals surface area (Å²) >= 11 is 0. The first kappa shape index (κ1) is 16.0. The molecule has 0 bridgehead atoms. The minimum absolute atomic E-state index is 0.384. The van der Waals surface area contributed by atoms with Crippen molar-refractivity contribution in [3.63, 3.8) is 0 Å². The van der Waals surface area contributed by atoms with Crippen LogP contribution in [0.25, 0.3) is 0 Å². The predicted molar refractivity (Wildman–Crippen MR) is 81.8 cm³/mol. The van der Waals surface area contributed by atoms with Gasteiger partial charge in [-0.15, -0.1) is 0 Å². The number of para-hydroxylation sites is 1. The molecule has 108 valence electrons. The number of hydrogen-bond acceptors (Lipinski definition) is 3. The zero-order chi connectivity index (χ0) is 14.1. The Morgan fingerprint density at radius 2 is 1.95 bits per heavy atom. The van der Waals surface area contributed by atoms with Gasteiger partial charge in [-0.05, 0) is 39.5 Å². The fraction of sp³-hybridized carbons (Fsp3) is 0.625. The molecule has 19 heavy (non-hydrogen) atoms. The smallest absolute Gasteiger partial charge is 0.124 e. The van der Waals surface area contributed by atoms with Gasteiger partial charge < -0.3 is 15.0 Å². The topological polar surface area (TPSA) is 24.5 Å². The molecule has 0 amide bonds. The first-order valence-electron chi connectivity index (χ1n) is 7.28. The molecular formula is C16H28N2O. The Hall–Kier alpha value is -1.06. The van der Waals surface area contributed by atoms with Crippen LogP contribution in [0.4, 0.5) is 0 Å². The lowest BCUT2D eigenvalue weighted by molar-refractivity contribution is 0.277. The largest absolute Gasteiger partial charge is 0.493 e. The zero-order valence-corrected chi connectivity index (χ0v) is 12.8. The second kappa shape index (κ2) is 8.94. The lowest BCUT2D eigenvalue weighted by atomic mass is 10.0. The Morgan fingerprint density at radius 1 is 1.21 bits per heavy atom. The molecule has 0 aliphatic heterocycles. The molecule has 0 heterocycles. The summed E-state index contributed by atoms with van der Waals surface area (Å²) in [7, 11) is 4.18. The summed E-state index contributed by atoms with van der Waals surface area (Å²) in [4.78, 5) is 2.18. The van der Waals surface area contributed by atoms with Gasteiger partial charge in [-0.25, -0.2) is 0 Å². The molecule has 0 aliphatic carbocycles. The van der Waals surface area contributed by atoms with Crippen molar-refractivity contribution in [3.05, 3.63) is 29.8 Å². The molecule has 0 aromatic heterocycles. The molecule has 1 aromatic carbocycles. The first-order valence-corrected chi connectivity index (χ1v) is 7.28.